The molecular formula is C20H22O5. The van der Waals surface area contributed by atoms with Crippen LogP contribution in [0.4, 0.5) is 0 Å². The van der Waals surface area contributed by atoms with E-state index in [2.05, 4.69) is 6.92 Å². The first-order valence-corrected chi connectivity index (χ1v) is 8.51. The smallest absolute Gasteiger partial charge is 0.311 e. The Morgan fingerprint density at radius 3 is 2.84 bits per heavy atom. The molecule has 2 aromatic rings. The van der Waals surface area contributed by atoms with Crippen molar-refractivity contribution in [3.63, 3.8) is 0 Å². The first-order valence-electron chi connectivity index (χ1n) is 8.51. The van der Waals surface area contributed by atoms with Crippen LogP contribution in [-0.4, -0.2) is 24.5 Å². The van der Waals surface area contributed by atoms with Crippen LogP contribution in [0, 0.1) is 0 Å². The van der Waals surface area contributed by atoms with Crippen LogP contribution < -0.4 is 14.2 Å². The molecule has 1 unspecified atom stereocenters. The van der Waals surface area contributed by atoms with E-state index < -0.39 is 11.9 Å². The number of fused-ring (bicyclic) bond motifs is 1. The number of carboxylic acid groups (broad SMARTS) is 1. The van der Waals surface area contributed by atoms with Gasteiger partial charge in [0.2, 0.25) is 6.79 Å². The number of benzene rings is 2. The third kappa shape index (κ3) is 4.24. The van der Waals surface area contributed by atoms with E-state index in [0.717, 1.165) is 24.2 Å². The molecule has 0 bridgehead atoms. The molecule has 0 aliphatic carbocycles. The van der Waals surface area contributed by atoms with Gasteiger partial charge in [0, 0.05) is 0 Å². The summed E-state index contributed by atoms with van der Waals surface area (Å²) in [4.78, 5) is 11.8. The SMILES string of the molecule is CCCCOc1cccc(CC(C(=O)O)c2ccc3c(c2)OCO3)c1. The number of carboxylic acids is 1. The van der Waals surface area contributed by atoms with Gasteiger partial charge < -0.3 is 19.3 Å². The fourth-order valence-corrected chi connectivity index (χ4v) is 2.81. The van der Waals surface area contributed by atoms with Crippen molar-refractivity contribution in [2.75, 3.05) is 13.4 Å². The van der Waals surface area contributed by atoms with E-state index >= 15 is 0 Å². The lowest BCUT2D eigenvalue weighted by atomic mass is 9.91. The summed E-state index contributed by atoms with van der Waals surface area (Å²) in [5.41, 5.74) is 1.63. The van der Waals surface area contributed by atoms with Crippen molar-refractivity contribution in [3.05, 3.63) is 53.6 Å². The number of hydrogen-bond acceptors (Lipinski definition) is 4. The molecule has 1 N–H and O–H groups in total. The number of ether oxygens (including phenoxy) is 3. The number of unbranched alkanes of at least 4 members (excludes halogenated alkanes) is 1. The van der Waals surface area contributed by atoms with Crippen LogP contribution in [0.5, 0.6) is 17.2 Å². The molecule has 1 atom stereocenters. The van der Waals surface area contributed by atoms with Crippen molar-refractivity contribution in [1.82, 2.24) is 0 Å². The van der Waals surface area contributed by atoms with Crippen LogP contribution in [0.3, 0.4) is 0 Å². The molecule has 1 heterocycles. The Labute approximate surface area is 147 Å². The summed E-state index contributed by atoms with van der Waals surface area (Å²) in [7, 11) is 0. The Hall–Kier alpha value is -2.69. The third-order valence-electron chi connectivity index (χ3n) is 4.20. The third-order valence-corrected chi connectivity index (χ3v) is 4.20. The number of carbonyl (C=O) groups is 1. The molecule has 132 valence electrons. The van der Waals surface area contributed by atoms with E-state index in [1.54, 1.807) is 18.2 Å². The maximum absolute atomic E-state index is 11.8. The van der Waals surface area contributed by atoms with E-state index in [4.69, 9.17) is 14.2 Å². The lowest BCUT2D eigenvalue weighted by Crippen LogP contribution is -2.14. The summed E-state index contributed by atoms with van der Waals surface area (Å²) in [5, 5.41) is 9.68. The molecule has 0 saturated carbocycles. The van der Waals surface area contributed by atoms with Gasteiger partial charge in [0.25, 0.3) is 0 Å². The minimum Gasteiger partial charge on any atom is -0.494 e. The molecule has 3 rings (SSSR count). The highest BCUT2D eigenvalue weighted by atomic mass is 16.7. The summed E-state index contributed by atoms with van der Waals surface area (Å²) in [6.07, 6.45) is 2.46. The van der Waals surface area contributed by atoms with Gasteiger partial charge in [-0.2, -0.15) is 0 Å². The average Bonchev–Trinajstić information content (AvgIpc) is 3.08. The van der Waals surface area contributed by atoms with Crippen LogP contribution in [0.1, 0.15) is 36.8 Å². The topological polar surface area (TPSA) is 65.0 Å². The second-order valence-electron chi connectivity index (χ2n) is 6.06. The predicted molar refractivity (Wildman–Crippen MR) is 93.5 cm³/mol. The van der Waals surface area contributed by atoms with E-state index in [9.17, 15) is 9.90 Å². The van der Waals surface area contributed by atoms with Crippen LogP contribution >= 0.6 is 0 Å². The monoisotopic (exact) mass is 342 g/mol. The number of rotatable bonds is 8. The highest BCUT2D eigenvalue weighted by molar-refractivity contribution is 5.77. The summed E-state index contributed by atoms with van der Waals surface area (Å²) >= 11 is 0. The summed E-state index contributed by atoms with van der Waals surface area (Å²) in [5.74, 6) is 0.511. The van der Waals surface area contributed by atoms with E-state index in [1.165, 1.54) is 0 Å². The minimum absolute atomic E-state index is 0.174. The highest BCUT2D eigenvalue weighted by Crippen LogP contribution is 2.35. The van der Waals surface area contributed by atoms with Crippen molar-refractivity contribution in [2.45, 2.75) is 32.1 Å². The van der Waals surface area contributed by atoms with Crippen LogP contribution in [-0.2, 0) is 11.2 Å². The largest absolute Gasteiger partial charge is 0.494 e. The lowest BCUT2D eigenvalue weighted by Gasteiger charge is -2.14. The van der Waals surface area contributed by atoms with E-state index in [0.29, 0.717) is 30.1 Å². The Bertz CT molecular complexity index is 741. The van der Waals surface area contributed by atoms with Gasteiger partial charge in [0.05, 0.1) is 12.5 Å². The maximum Gasteiger partial charge on any atom is 0.311 e. The first-order chi connectivity index (χ1) is 12.2. The highest BCUT2D eigenvalue weighted by Gasteiger charge is 2.23. The zero-order valence-corrected chi connectivity index (χ0v) is 14.2. The second kappa shape index (κ2) is 7.92. The van der Waals surface area contributed by atoms with Crippen molar-refractivity contribution in [3.8, 4) is 17.2 Å². The van der Waals surface area contributed by atoms with Gasteiger partial charge in [0.1, 0.15) is 5.75 Å². The zero-order valence-electron chi connectivity index (χ0n) is 14.2. The predicted octanol–water partition coefficient (Wildman–Crippen LogP) is 4.01. The van der Waals surface area contributed by atoms with Gasteiger partial charge >= 0.3 is 5.97 Å². The van der Waals surface area contributed by atoms with Gasteiger partial charge in [-0.05, 0) is 48.2 Å². The Morgan fingerprint density at radius 2 is 2.04 bits per heavy atom. The Balaban J connectivity index is 1.76. The molecule has 1 aliphatic heterocycles. The van der Waals surface area contributed by atoms with Crippen molar-refractivity contribution >= 4 is 5.97 Å². The fourth-order valence-electron chi connectivity index (χ4n) is 2.81. The zero-order chi connectivity index (χ0) is 17.6. The molecule has 0 spiro atoms. The summed E-state index contributed by atoms with van der Waals surface area (Å²) in [6, 6.07) is 12.9. The molecule has 0 fully saturated rings. The number of hydrogen-bond donors (Lipinski definition) is 1. The molecule has 2 aromatic carbocycles. The van der Waals surface area contributed by atoms with Gasteiger partial charge in [-0.25, -0.2) is 0 Å². The number of aliphatic carboxylic acids is 1. The van der Waals surface area contributed by atoms with Gasteiger partial charge in [-0.15, -0.1) is 0 Å². The molecule has 0 saturated heterocycles. The fraction of sp³-hybridized carbons (Fsp3) is 0.350. The molecule has 0 amide bonds. The lowest BCUT2D eigenvalue weighted by molar-refractivity contribution is -0.138. The van der Waals surface area contributed by atoms with Crippen LogP contribution in [0.25, 0.3) is 0 Å². The molecular weight excluding hydrogens is 320 g/mol. The molecule has 1 aliphatic rings. The van der Waals surface area contributed by atoms with Gasteiger partial charge in [-0.1, -0.05) is 31.5 Å². The summed E-state index contributed by atoms with van der Waals surface area (Å²) < 4.78 is 16.4. The normalized spacial score (nSPS) is 13.5. The molecule has 0 aromatic heterocycles. The Kier molecular flexibility index (Phi) is 5.43. The van der Waals surface area contributed by atoms with Crippen LogP contribution in [0.15, 0.2) is 42.5 Å². The maximum atomic E-state index is 11.8. The summed E-state index contributed by atoms with van der Waals surface area (Å²) in [6.45, 7) is 2.96. The standard InChI is InChI=1S/C20H22O5/c1-2-3-9-23-16-6-4-5-14(10-16)11-17(20(21)22)15-7-8-18-19(12-15)25-13-24-18/h4-8,10,12,17H,2-3,9,11,13H2,1H3,(H,21,22). The molecule has 25 heavy (non-hydrogen) atoms. The molecule has 5 heteroatoms. The van der Waals surface area contributed by atoms with Crippen molar-refractivity contribution in [2.24, 2.45) is 0 Å². The Morgan fingerprint density at radius 1 is 1.20 bits per heavy atom. The molecule has 0 radical (unpaired) electrons. The second-order valence-corrected chi connectivity index (χ2v) is 6.06. The van der Waals surface area contributed by atoms with E-state index in [-0.39, 0.29) is 6.79 Å². The van der Waals surface area contributed by atoms with Gasteiger partial charge in [-0.3, -0.25) is 4.79 Å². The quantitative estimate of drug-likeness (QED) is 0.735. The first kappa shape index (κ1) is 17.1. The van der Waals surface area contributed by atoms with Crippen molar-refractivity contribution < 1.29 is 24.1 Å². The molecule has 5 nitrogen and oxygen atoms in total. The van der Waals surface area contributed by atoms with Gasteiger partial charge in [0.15, 0.2) is 11.5 Å². The minimum atomic E-state index is -0.865. The van der Waals surface area contributed by atoms with Crippen LogP contribution in [0.2, 0.25) is 0 Å². The average molecular weight is 342 g/mol. The van der Waals surface area contributed by atoms with E-state index in [1.807, 2.05) is 24.3 Å². The van der Waals surface area contributed by atoms with Crippen molar-refractivity contribution in [1.29, 1.82) is 0 Å².